The van der Waals surface area contributed by atoms with Crippen LogP contribution in [-0.2, 0) is 16.0 Å². The SMILES string of the molecule is CC(C)(C)OC(=O)C(N)CCCc1ccccc1. The molecule has 1 aromatic carbocycles. The first-order chi connectivity index (χ1) is 8.38. The molecule has 1 aromatic rings. The Kier molecular flexibility index (Phi) is 5.35. The maximum atomic E-state index is 11.7. The van der Waals surface area contributed by atoms with Crippen molar-refractivity contribution < 1.29 is 9.53 Å². The van der Waals surface area contributed by atoms with Crippen molar-refractivity contribution in [1.29, 1.82) is 0 Å². The molecule has 100 valence electrons. The van der Waals surface area contributed by atoms with Gasteiger partial charge in [-0.15, -0.1) is 0 Å². The number of aryl methyl sites for hydroxylation is 1. The number of hydrogen-bond donors (Lipinski definition) is 1. The molecule has 0 aromatic heterocycles. The van der Waals surface area contributed by atoms with E-state index in [1.165, 1.54) is 5.56 Å². The van der Waals surface area contributed by atoms with Gasteiger partial charge >= 0.3 is 5.97 Å². The highest BCUT2D eigenvalue weighted by Gasteiger charge is 2.21. The van der Waals surface area contributed by atoms with E-state index >= 15 is 0 Å². The minimum Gasteiger partial charge on any atom is -0.459 e. The van der Waals surface area contributed by atoms with Crippen LogP contribution in [0.1, 0.15) is 39.2 Å². The van der Waals surface area contributed by atoms with Crippen molar-refractivity contribution in [3.05, 3.63) is 35.9 Å². The van der Waals surface area contributed by atoms with Gasteiger partial charge in [-0.1, -0.05) is 30.3 Å². The van der Waals surface area contributed by atoms with Gasteiger partial charge in [0.2, 0.25) is 0 Å². The number of carbonyl (C=O) groups is 1. The van der Waals surface area contributed by atoms with Crippen molar-refractivity contribution in [3.63, 3.8) is 0 Å². The Bertz CT molecular complexity index is 368. The molecule has 0 bridgehead atoms. The highest BCUT2D eigenvalue weighted by Crippen LogP contribution is 2.11. The molecule has 0 heterocycles. The molecule has 1 atom stereocenters. The summed E-state index contributed by atoms with van der Waals surface area (Å²) in [5.74, 6) is -0.310. The van der Waals surface area contributed by atoms with E-state index in [9.17, 15) is 4.79 Å². The molecule has 0 fully saturated rings. The molecule has 0 aliphatic rings. The predicted molar refractivity (Wildman–Crippen MR) is 73.2 cm³/mol. The molecule has 0 saturated carbocycles. The van der Waals surface area contributed by atoms with Crippen LogP contribution in [0.5, 0.6) is 0 Å². The largest absolute Gasteiger partial charge is 0.459 e. The molecule has 0 radical (unpaired) electrons. The molecule has 2 N–H and O–H groups in total. The number of hydrogen-bond acceptors (Lipinski definition) is 3. The summed E-state index contributed by atoms with van der Waals surface area (Å²) in [4.78, 5) is 11.7. The van der Waals surface area contributed by atoms with Gasteiger partial charge in [0.15, 0.2) is 0 Å². The van der Waals surface area contributed by atoms with Gasteiger partial charge in [0.25, 0.3) is 0 Å². The van der Waals surface area contributed by atoms with E-state index in [-0.39, 0.29) is 5.97 Å². The summed E-state index contributed by atoms with van der Waals surface area (Å²) in [5.41, 5.74) is 6.62. The highest BCUT2D eigenvalue weighted by molar-refractivity contribution is 5.75. The summed E-state index contributed by atoms with van der Waals surface area (Å²) < 4.78 is 5.24. The second-order valence-electron chi connectivity index (χ2n) is 5.52. The minimum absolute atomic E-state index is 0.310. The average molecular weight is 249 g/mol. The summed E-state index contributed by atoms with van der Waals surface area (Å²) >= 11 is 0. The van der Waals surface area contributed by atoms with E-state index in [4.69, 9.17) is 10.5 Å². The average Bonchev–Trinajstić information content (AvgIpc) is 2.28. The fourth-order valence-corrected chi connectivity index (χ4v) is 1.67. The smallest absolute Gasteiger partial charge is 0.323 e. The van der Waals surface area contributed by atoms with Gasteiger partial charge in [-0.05, 0) is 45.6 Å². The van der Waals surface area contributed by atoms with E-state index in [1.807, 2.05) is 39.0 Å². The Morgan fingerprint density at radius 2 is 1.89 bits per heavy atom. The summed E-state index contributed by atoms with van der Waals surface area (Å²) in [6.07, 6.45) is 2.49. The van der Waals surface area contributed by atoms with Crippen molar-refractivity contribution in [3.8, 4) is 0 Å². The molecular formula is C15H23NO2. The predicted octanol–water partition coefficient (Wildman–Crippen LogP) is 2.68. The standard InChI is InChI=1S/C15H23NO2/c1-15(2,3)18-14(17)13(16)11-7-10-12-8-5-4-6-9-12/h4-6,8-9,13H,7,10-11,16H2,1-3H3. The third kappa shape index (κ3) is 5.82. The van der Waals surface area contributed by atoms with Gasteiger partial charge in [0.1, 0.15) is 11.6 Å². The third-order valence-corrected chi connectivity index (χ3v) is 2.53. The summed E-state index contributed by atoms with van der Waals surface area (Å²) in [6, 6.07) is 9.67. The summed E-state index contributed by atoms with van der Waals surface area (Å²) in [7, 11) is 0. The van der Waals surface area contributed by atoms with Crippen molar-refractivity contribution in [2.24, 2.45) is 5.73 Å². The Labute approximate surface area is 109 Å². The number of benzene rings is 1. The Morgan fingerprint density at radius 3 is 2.44 bits per heavy atom. The van der Waals surface area contributed by atoms with Crippen LogP contribution in [0.4, 0.5) is 0 Å². The first kappa shape index (κ1) is 14.7. The van der Waals surface area contributed by atoms with Gasteiger partial charge in [-0.2, -0.15) is 0 Å². The maximum Gasteiger partial charge on any atom is 0.323 e. The lowest BCUT2D eigenvalue weighted by molar-refractivity contribution is -0.156. The number of rotatable bonds is 5. The quantitative estimate of drug-likeness (QED) is 0.816. The fraction of sp³-hybridized carbons (Fsp3) is 0.533. The molecule has 0 saturated heterocycles. The molecule has 0 aliphatic carbocycles. The fourth-order valence-electron chi connectivity index (χ4n) is 1.67. The molecule has 1 rings (SSSR count). The summed E-state index contributed by atoms with van der Waals surface area (Å²) in [5, 5.41) is 0. The molecule has 18 heavy (non-hydrogen) atoms. The number of nitrogens with two attached hydrogens (primary N) is 1. The van der Waals surface area contributed by atoms with E-state index in [0.29, 0.717) is 6.42 Å². The number of carbonyl (C=O) groups excluding carboxylic acids is 1. The lowest BCUT2D eigenvalue weighted by Crippen LogP contribution is -2.37. The van der Waals surface area contributed by atoms with Crippen LogP contribution in [0.25, 0.3) is 0 Å². The van der Waals surface area contributed by atoms with Crippen LogP contribution in [0, 0.1) is 0 Å². The summed E-state index contributed by atoms with van der Waals surface area (Å²) in [6.45, 7) is 5.55. The lowest BCUT2D eigenvalue weighted by Gasteiger charge is -2.22. The highest BCUT2D eigenvalue weighted by atomic mass is 16.6. The van der Waals surface area contributed by atoms with Crippen LogP contribution in [0.3, 0.4) is 0 Å². The molecule has 1 unspecified atom stereocenters. The first-order valence-corrected chi connectivity index (χ1v) is 6.41. The Balaban J connectivity index is 2.29. The maximum absolute atomic E-state index is 11.7. The van der Waals surface area contributed by atoms with Gasteiger partial charge in [0.05, 0.1) is 0 Å². The lowest BCUT2D eigenvalue weighted by atomic mass is 10.0. The molecule has 0 amide bonds. The van der Waals surface area contributed by atoms with Crippen molar-refractivity contribution in [1.82, 2.24) is 0 Å². The molecule has 3 heteroatoms. The first-order valence-electron chi connectivity index (χ1n) is 6.41. The van der Waals surface area contributed by atoms with Crippen molar-refractivity contribution in [2.75, 3.05) is 0 Å². The van der Waals surface area contributed by atoms with Crippen molar-refractivity contribution >= 4 is 5.97 Å². The van der Waals surface area contributed by atoms with Gasteiger partial charge in [-0.25, -0.2) is 0 Å². The van der Waals surface area contributed by atoms with E-state index in [1.54, 1.807) is 0 Å². The molecular weight excluding hydrogens is 226 g/mol. The second kappa shape index (κ2) is 6.55. The van der Waals surface area contributed by atoms with E-state index in [2.05, 4.69) is 12.1 Å². The molecule has 0 aliphatic heterocycles. The zero-order valence-corrected chi connectivity index (χ0v) is 11.5. The van der Waals surface area contributed by atoms with Gasteiger partial charge in [-0.3, -0.25) is 4.79 Å². The normalized spacial score (nSPS) is 13.1. The van der Waals surface area contributed by atoms with Crippen LogP contribution >= 0.6 is 0 Å². The van der Waals surface area contributed by atoms with Crippen LogP contribution in [-0.4, -0.2) is 17.6 Å². The van der Waals surface area contributed by atoms with E-state index < -0.39 is 11.6 Å². The Morgan fingerprint density at radius 1 is 1.28 bits per heavy atom. The van der Waals surface area contributed by atoms with Gasteiger partial charge < -0.3 is 10.5 Å². The number of esters is 1. The van der Waals surface area contributed by atoms with Crippen LogP contribution < -0.4 is 5.73 Å². The topological polar surface area (TPSA) is 52.3 Å². The zero-order valence-electron chi connectivity index (χ0n) is 11.5. The third-order valence-electron chi connectivity index (χ3n) is 2.53. The second-order valence-corrected chi connectivity index (χ2v) is 5.52. The van der Waals surface area contributed by atoms with Crippen LogP contribution in [0.2, 0.25) is 0 Å². The molecule has 3 nitrogen and oxygen atoms in total. The van der Waals surface area contributed by atoms with Crippen molar-refractivity contribution in [2.45, 2.75) is 51.7 Å². The minimum atomic E-state index is -0.520. The Hall–Kier alpha value is -1.35. The zero-order chi connectivity index (χ0) is 13.6. The number of ether oxygens (including phenoxy) is 1. The van der Waals surface area contributed by atoms with Gasteiger partial charge in [0, 0.05) is 0 Å². The monoisotopic (exact) mass is 249 g/mol. The molecule has 0 spiro atoms. The van der Waals surface area contributed by atoms with Crippen LogP contribution in [0.15, 0.2) is 30.3 Å². The van der Waals surface area contributed by atoms with E-state index in [0.717, 1.165) is 12.8 Å².